The molecule has 0 aliphatic heterocycles. The molecule has 2 N–H and O–H groups in total. The number of nitrogens with zero attached hydrogens (tertiary/aromatic N) is 4. The average Bonchev–Trinajstić information content (AvgIpc) is 3.14. The number of benzene rings is 1. The molecule has 0 radical (unpaired) electrons. The highest BCUT2D eigenvalue weighted by Gasteiger charge is 2.35. The summed E-state index contributed by atoms with van der Waals surface area (Å²) in [4.78, 5) is 27.6. The van der Waals surface area contributed by atoms with E-state index in [1.54, 1.807) is 26.5 Å². The van der Waals surface area contributed by atoms with E-state index in [-0.39, 0.29) is 17.0 Å². The number of anilines is 1. The van der Waals surface area contributed by atoms with E-state index in [1.165, 1.54) is 16.2 Å². The second-order valence-electron chi connectivity index (χ2n) is 8.25. The average molecular weight is 478 g/mol. The highest BCUT2D eigenvalue weighted by Crippen LogP contribution is 2.45. The van der Waals surface area contributed by atoms with Crippen LogP contribution in [0.5, 0.6) is 0 Å². The van der Waals surface area contributed by atoms with Gasteiger partial charge in [-0.3, -0.25) is 4.79 Å². The number of aromatic nitrogens is 3. The van der Waals surface area contributed by atoms with E-state index in [0.29, 0.717) is 21.2 Å². The molecule has 0 saturated heterocycles. The third-order valence-electron chi connectivity index (χ3n) is 5.83. The van der Waals surface area contributed by atoms with Gasteiger partial charge in [-0.15, -0.1) is 0 Å². The van der Waals surface area contributed by atoms with Crippen molar-refractivity contribution < 1.29 is 9.35 Å². The van der Waals surface area contributed by atoms with Gasteiger partial charge in [0, 0.05) is 48.6 Å². The number of amides is 1. The zero-order chi connectivity index (χ0) is 23.1. The van der Waals surface area contributed by atoms with E-state index in [2.05, 4.69) is 9.97 Å². The summed E-state index contributed by atoms with van der Waals surface area (Å²) in [6.07, 6.45) is 6.28. The number of rotatable bonds is 5. The molecular formula is C24H23N5O2S2. The van der Waals surface area contributed by atoms with Crippen LogP contribution < -0.4 is 5.73 Å². The minimum absolute atomic E-state index is 0.131. The molecule has 9 heteroatoms. The number of pyridine rings is 1. The van der Waals surface area contributed by atoms with Crippen molar-refractivity contribution in [2.75, 3.05) is 19.8 Å². The molecule has 3 heterocycles. The molecular weight excluding hydrogens is 454 g/mol. The molecule has 3 aromatic heterocycles. The van der Waals surface area contributed by atoms with Crippen molar-refractivity contribution >= 4 is 44.3 Å². The Morgan fingerprint density at radius 3 is 2.45 bits per heavy atom. The molecule has 0 bridgehead atoms. The summed E-state index contributed by atoms with van der Waals surface area (Å²) >= 11 is 0.274. The summed E-state index contributed by atoms with van der Waals surface area (Å²) in [7, 11) is 3.32. The fourth-order valence-electron chi connectivity index (χ4n) is 3.75. The van der Waals surface area contributed by atoms with Crippen LogP contribution in [0.3, 0.4) is 0 Å². The van der Waals surface area contributed by atoms with Crippen molar-refractivity contribution in [3.05, 3.63) is 54.6 Å². The quantitative estimate of drug-likeness (QED) is 0.428. The Morgan fingerprint density at radius 2 is 1.85 bits per heavy atom. The number of carbonyl (C=O) groups is 1. The van der Waals surface area contributed by atoms with Crippen molar-refractivity contribution in [2.45, 2.75) is 28.7 Å². The van der Waals surface area contributed by atoms with E-state index in [0.717, 1.165) is 40.6 Å². The molecule has 0 spiro atoms. The smallest absolute Gasteiger partial charge is 0.291 e. The number of hydrogen-bond donors (Lipinski definition) is 1. The molecule has 1 amide bonds. The van der Waals surface area contributed by atoms with Gasteiger partial charge in [-0.25, -0.2) is 15.0 Å². The highest BCUT2D eigenvalue weighted by atomic mass is 32.2. The molecule has 1 aromatic carbocycles. The van der Waals surface area contributed by atoms with Crippen LogP contribution in [0.2, 0.25) is 0 Å². The van der Waals surface area contributed by atoms with E-state index in [9.17, 15) is 9.35 Å². The third kappa shape index (κ3) is 3.96. The molecule has 1 fully saturated rings. The van der Waals surface area contributed by atoms with Gasteiger partial charge in [-0.05, 0) is 36.5 Å². The van der Waals surface area contributed by atoms with Gasteiger partial charge in [-0.2, -0.15) is 0 Å². The zero-order valence-electron chi connectivity index (χ0n) is 18.3. The monoisotopic (exact) mass is 477 g/mol. The topological polar surface area (TPSA) is 108 Å². The normalized spacial score (nSPS) is 14.8. The summed E-state index contributed by atoms with van der Waals surface area (Å²) in [6, 6.07) is 11.9. The van der Waals surface area contributed by atoms with Crippen molar-refractivity contribution in [3.63, 3.8) is 0 Å². The summed E-state index contributed by atoms with van der Waals surface area (Å²) < 4.78 is 13.8. The SMILES string of the molecule is CN(C)C(=O)c1ncc(-c2cc(-c3ccccc3)c3c(N)c([S+]([O-])C4CCC4)sc3n2)cn1. The number of carbonyl (C=O) groups excluding carboxylic acids is 1. The Balaban J connectivity index is 1.65. The van der Waals surface area contributed by atoms with Crippen LogP contribution in [0.15, 0.2) is 53.0 Å². The van der Waals surface area contributed by atoms with Crippen molar-refractivity contribution in [2.24, 2.45) is 0 Å². The van der Waals surface area contributed by atoms with Crippen molar-refractivity contribution in [1.82, 2.24) is 19.9 Å². The zero-order valence-corrected chi connectivity index (χ0v) is 19.9. The van der Waals surface area contributed by atoms with Crippen LogP contribution in [0, 0.1) is 0 Å². The molecule has 168 valence electrons. The molecule has 1 aliphatic rings. The van der Waals surface area contributed by atoms with Gasteiger partial charge in [0.2, 0.25) is 10.0 Å². The highest BCUT2D eigenvalue weighted by molar-refractivity contribution is 7.94. The fraction of sp³-hybridized carbons (Fsp3) is 0.250. The number of nitrogen functional groups attached to an aromatic ring is 1. The lowest BCUT2D eigenvalue weighted by Crippen LogP contribution is -2.28. The van der Waals surface area contributed by atoms with E-state index >= 15 is 0 Å². The Hall–Kier alpha value is -3.01. The lowest BCUT2D eigenvalue weighted by molar-refractivity contribution is 0.0816. The standard InChI is InChI=1S/C24H23N5O2S2/c1-29(2)23(30)21-26-12-15(13-27-21)18-11-17(14-7-4-3-5-8-14)19-20(25)24(32-22(19)28-18)33(31)16-9-6-10-16/h3-5,7-8,11-13,16H,6,9-10,25H2,1-2H3. The predicted octanol–water partition coefficient (Wildman–Crippen LogP) is 4.36. The first-order valence-electron chi connectivity index (χ1n) is 10.7. The van der Waals surface area contributed by atoms with Gasteiger partial charge in [0.05, 0.1) is 5.69 Å². The maximum Gasteiger partial charge on any atom is 0.291 e. The van der Waals surface area contributed by atoms with Gasteiger partial charge in [0.15, 0.2) is 0 Å². The van der Waals surface area contributed by atoms with E-state index in [4.69, 9.17) is 10.7 Å². The Bertz CT molecular complexity index is 1320. The predicted molar refractivity (Wildman–Crippen MR) is 133 cm³/mol. The first-order chi connectivity index (χ1) is 15.9. The number of hydrogen-bond acceptors (Lipinski definition) is 7. The minimum atomic E-state index is -1.13. The van der Waals surface area contributed by atoms with Gasteiger partial charge in [-0.1, -0.05) is 41.7 Å². The maximum absolute atomic E-state index is 13.1. The van der Waals surface area contributed by atoms with E-state index in [1.807, 2.05) is 36.4 Å². The van der Waals surface area contributed by atoms with Crippen LogP contribution in [-0.4, -0.2) is 49.7 Å². The molecule has 1 aliphatic carbocycles. The summed E-state index contributed by atoms with van der Waals surface area (Å²) in [5.74, 6) is -0.129. The van der Waals surface area contributed by atoms with Crippen LogP contribution >= 0.6 is 11.3 Å². The fourth-order valence-corrected chi connectivity index (χ4v) is 6.96. The van der Waals surface area contributed by atoms with Crippen molar-refractivity contribution in [3.8, 4) is 22.4 Å². The minimum Gasteiger partial charge on any atom is -0.611 e. The number of thiophene rings is 1. The van der Waals surface area contributed by atoms with E-state index < -0.39 is 11.2 Å². The molecule has 5 rings (SSSR count). The Morgan fingerprint density at radius 1 is 1.15 bits per heavy atom. The van der Waals surface area contributed by atoms with Crippen LogP contribution in [0.1, 0.15) is 29.9 Å². The first-order valence-corrected chi connectivity index (χ1v) is 12.7. The van der Waals surface area contributed by atoms with Gasteiger partial charge >= 0.3 is 0 Å². The lowest BCUT2D eigenvalue weighted by Gasteiger charge is -2.27. The summed E-state index contributed by atoms with van der Waals surface area (Å²) in [6.45, 7) is 0. The maximum atomic E-state index is 13.1. The number of fused-ring (bicyclic) bond motifs is 1. The van der Waals surface area contributed by atoms with Crippen LogP contribution in [0.25, 0.3) is 32.6 Å². The molecule has 1 saturated carbocycles. The summed E-state index contributed by atoms with van der Waals surface area (Å²) in [5.41, 5.74) is 10.4. The first kappa shape index (κ1) is 21.8. The Labute approximate surface area is 198 Å². The van der Waals surface area contributed by atoms with Gasteiger partial charge < -0.3 is 15.2 Å². The number of nitrogens with two attached hydrogens (primary N) is 1. The second-order valence-corrected chi connectivity index (χ2v) is 11.2. The molecule has 1 atom stereocenters. The Kier molecular flexibility index (Phi) is 5.77. The lowest BCUT2D eigenvalue weighted by atomic mass is 10.00. The van der Waals surface area contributed by atoms with Crippen molar-refractivity contribution in [1.29, 1.82) is 0 Å². The molecule has 7 nitrogen and oxygen atoms in total. The second kappa shape index (κ2) is 8.74. The molecule has 4 aromatic rings. The van der Waals surface area contributed by atoms with Gasteiger partial charge in [0.25, 0.3) is 5.91 Å². The third-order valence-corrected chi connectivity index (χ3v) is 9.13. The molecule has 33 heavy (non-hydrogen) atoms. The largest absolute Gasteiger partial charge is 0.611 e. The molecule has 1 unspecified atom stereocenters. The van der Waals surface area contributed by atoms with Crippen LogP contribution in [0.4, 0.5) is 5.69 Å². The van der Waals surface area contributed by atoms with Crippen LogP contribution in [-0.2, 0) is 11.2 Å². The summed E-state index contributed by atoms with van der Waals surface area (Å²) in [5, 5.41) is 1.01. The van der Waals surface area contributed by atoms with Gasteiger partial charge in [0.1, 0.15) is 15.8 Å².